The molecule has 0 saturated carbocycles. The highest BCUT2D eigenvalue weighted by Gasteiger charge is 2.27. The van der Waals surface area contributed by atoms with Crippen LogP contribution in [0.15, 0.2) is 60.8 Å². The van der Waals surface area contributed by atoms with Gasteiger partial charge in [-0.05, 0) is 83.5 Å². The standard InChI is InChI=1S/C46H82NO9P/c1-6-8-9-10-11-12-13-14-15-19-22-25-28-31-34-37-45(49)53-41-44(42-55-57(51,52)54-40-39-47(3,4)5)56-46(50)38-35-32-29-26-23-20-17-16-18-21-24-27-30-33-36-43(48)7-2/h12-13,17-18,20-21,26-27,29-30,43-44,48H,6-11,14-16,19,22-25,28,31-42H2,1-5H3/p+1/b13-12-,20-17-,21-18-,29-26-,30-27-/t43-,44-/m1/s1. The van der Waals surface area contributed by atoms with Crippen LogP contribution in [0.4, 0.5) is 0 Å². The van der Waals surface area contributed by atoms with Gasteiger partial charge in [0.15, 0.2) is 6.10 Å². The van der Waals surface area contributed by atoms with Gasteiger partial charge in [0.2, 0.25) is 0 Å². The maximum Gasteiger partial charge on any atom is 0.472 e. The number of carbonyl (C=O) groups is 2. The van der Waals surface area contributed by atoms with Crippen molar-refractivity contribution in [3.05, 3.63) is 60.8 Å². The first kappa shape index (κ1) is 54.7. The Morgan fingerprint density at radius 3 is 1.68 bits per heavy atom. The van der Waals surface area contributed by atoms with Gasteiger partial charge in [0.25, 0.3) is 0 Å². The van der Waals surface area contributed by atoms with Crippen LogP contribution in [0.2, 0.25) is 0 Å². The fourth-order valence-corrected chi connectivity index (χ4v) is 6.25. The Bertz CT molecular complexity index is 1170. The molecule has 57 heavy (non-hydrogen) atoms. The number of phosphoric acid groups is 1. The molecule has 2 N–H and O–H groups in total. The predicted molar refractivity (Wildman–Crippen MR) is 235 cm³/mol. The smallest absolute Gasteiger partial charge is 0.462 e. The minimum Gasteiger partial charge on any atom is -0.462 e. The third-order valence-electron chi connectivity index (χ3n) is 9.18. The van der Waals surface area contributed by atoms with Gasteiger partial charge in [0, 0.05) is 12.8 Å². The minimum absolute atomic E-state index is 0.0123. The summed E-state index contributed by atoms with van der Waals surface area (Å²) in [4.78, 5) is 35.3. The van der Waals surface area contributed by atoms with Crippen LogP contribution in [-0.4, -0.2) is 86.1 Å². The van der Waals surface area contributed by atoms with Crippen LogP contribution in [0.5, 0.6) is 0 Å². The van der Waals surface area contributed by atoms with Crippen molar-refractivity contribution in [3.63, 3.8) is 0 Å². The van der Waals surface area contributed by atoms with Crippen molar-refractivity contribution in [1.29, 1.82) is 0 Å². The molecule has 0 amide bonds. The first-order valence-corrected chi connectivity index (χ1v) is 23.6. The van der Waals surface area contributed by atoms with Gasteiger partial charge in [-0.2, -0.15) is 0 Å². The number of likely N-dealkylation sites (N-methyl/N-ethyl adjacent to an activating group) is 1. The molecule has 0 spiro atoms. The molecular weight excluding hydrogens is 741 g/mol. The first-order valence-electron chi connectivity index (χ1n) is 22.1. The Balaban J connectivity index is 4.48. The maximum absolute atomic E-state index is 12.7. The molecule has 11 heteroatoms. The average Bonchev–Trinajstić information content (AvgIpc) is 3.16. The lowest BCUT2D eigenvalue weighted by atomic mass is 10.1. The van der Waals surface area contributed by atoms with E-state index in [4.69, 9.17) is 18.5 Å². The van der Waals surface area contributed by atoms with E-state index in [9.17, 15) is 24.2 Å². The van der Waals surface area contributed by atoms with Gasteiger partial charge in [0.05, 0.1) is 33.9 Å². The number of allylic oxidation sites excluding steroid dienone is 10. The summed E-state index contributed by atoms with van der Waals surface area (Å²) in [5.74, 6) is -0.892. The van der Waals surface area contributed by atoms with E-state index in [1.54, 1.807) is 0 Å². The number of carbonyl (C=O) groups excluding carboxylic acids is 2. The van der Waals surface area contributed by atoms with Crippen LogP contribution < -0.4 is 0 Å². The SMILES string of the molecule is CCCCCC/C=C\CCCCCCCCCC(=O)OC[C@H](COP(=O)(O)OCC[N+](C)(C)C)OC(=O)CCC/C=C\C/C=C\C/C=C\C/C=C\CC[C@H](O)CC. The normalized spacial score (nSPS) is 14.7. The van der Waals surface area contributed by atoms with Gasteiger partial charge in [-0.1, -0.05) is 126 Å². The number of phosphoric ester groups is 1. The second kappa shape index (κ2) is 37.9. The number of esters is 2. The molecule has 0 radical (unpaired) electrons. The van der Waals surface area contributed by atoms with Gasteiger partial charge >= 0.3 is 19.8 Å². The van der Waals surface area contributed by atoms with Crippen LogP contribution in [-0.2, 0) is 32.7 Å². The number of rotatable bonds is 39. The Morgan fingerprint density at radius 2 is 1.11 bits per heavy atom. The maximum atomic E-state index is 12.7. The molecule has 0 aliphatic carbocycles. The number of hydrogen-bond donors (Lipinski definition) is 2. The molecule has 0 heterocycles. The fraction of sp³-hybridized carbons (Fsp3) is 0.739. The van der Waals surface area contributed by atoms with E-state index < -0.39 is 32.5 Å². The zero-order valence-corrected chi connectivity index (χ0v) is 37.6. The molecule has 0 aliphatic rings. The van der Waals surface area contributed by atoms with Crippen molar-refractivity contribution in [3.8, 4) is 0 Å². The zero-order chi connectivity index (χ0) is 42.3. The van der Waals surface area contributed by atoms with Gasteiger partial charge < -0.3 is 24.0 Å². The van der Waals surface area contributed by atoms with Gasteiger partial charge in [-0.15, -0.1) is 0 Å². The first-order chi connectivity index (χ1) is 27.4. The third kappa shape index (κ3) is 41.6. The Morgan fingerprint density at radius 1 is 0.614 bits per heavy atom. The molecule has 10 nitrogen and oxygen atoms in total. The van der Waals surface area contributed by atoms with E-state index in [-0.39, 0.29) is 32.2 Å². The van der Waals surface area contributed by atoms with E-state index >= 15 is 0 Å². The Labute approximate surface area is 348 Å². The van der Waals surface area contributed by atoms with Crippen LogP contribution in [0.3, 0.4) is 0 Å². The molecule has 0 saturated heterocycles. The summed E-state index contributed by atoms with van der Waals surface area (Å²) < 4.78 is 34.2. The molecule has 0 aromatic heterocycles. The molecule has 0 rings (SSSR count). The molecule has 0 bridgehead atoms. The lowest BCUT2D eigenvalue weighted by molar-refractivity contribution is -0.870. The van der Waals surface area contributed by atoms with E-state index in [1.165, 1.54) is 51.4 Å². The molecule has 3 atom stereocenters. The van der Waals surface area contributed by atoms with Crippen molar-refractivity contribution < 1.29 is 47.2 Å². The van der Waals surface area contributed by atoms with Crippen LogP contribution in [0.1, 0.15) is 162 Å². The number of quaternary nitrogens is 1. The summed E-state index contributed by atoms with van der Waals surface area (Å²) in [7, 11) is 1.41. The highest BCUT2D eigenvalue weighted by atomic mass is 31.2. The number of aliphatic hydroxyl groups excluding tert-OH is 1. The second-order valence-corrected chi connectivity index (χ2v) is 17.3. The number of unbranched alkanes of at least 4 members (excludes halogenated alkanes) is 12. The topological polar surface area (TPSA) is 129 Å². The second-order valence-electron chi connectivity index (χ2n) is 15.9. The van der Waals surface area contributed by atoms with E-state index in [0.29, 0.717) is 23.9 Å². The molecule has 330 valence electrons. The van der Waals surface area contributed by atoms with Crippen LogP contribution in [0.25, 0.3) is 0 Å². The average molecular weight is 825 g/mol. The largest absolute Gasteiger partial charge is 0.472 e. The van der Waals surface area contributed by atoms with Crippen molar-refractivity contribution in [1.82, 2.24) is 0 Å². The number of aliphatic hydroxyl groups is 1. The van der Waals surface area contributed by atoms with Gasteiger partial charge in [0.1, 0.15) is 19.8 Å². The Hall–Kier alpha value is -2.33. The monoisotopic (exact) mass is 825 g/mol. The van der Waals surface area contributed by atoms with E-state index in [1.807, 2.05) is 34.1 Å². The lowest BCUT2D eigenvalue weighted by Crippen LogP contribution is -2.37. The molecule has 1 unspecified atom stereocenters. The van der Waals surface area contributed by atoms with Crippen LogP contribution in [0, 0.1) is 0 Å². The summed E-state index contributed by atoms with van der Waals surface area (Å²) in [6, 6.07) is 0. The van der Waals surface area contributed by atoms with Crippen molar-refractivity contribution in [2.75, 3.05) is 47.5 Å². The van der Waals surface area contributed by atoms with E-state index in [0.717, 1.165) is 70.6 Å². The zero-order valence-electron chi connectivity index (χ0n) is 36.7. The number of nitrogens with zero attached hydrogens (tertiary/aromatic N) is 1. The van der Waals surface area contributed by atoms with Gasteiger partial charge in [-0.3, -0.25) is 18.6 Å². The lowest BCUT2D eigenvalue weighted by Gasteiger charge is -2.24. The summed E-state index contributed by atoms with van der Waals surface area (Å²) in [5, 5.41) is 9.57. The molecule has 0 fully saturated rings. The quantitative estimate of drug-likeness (QED) is 0.0205. The van der Waals surface area contributed by atoms with Crippen molar-refractivity contribution in [2.45, 2.75) is 174 Å². The van der Waals surface area contributed by atoms with Crippen molar-refractivity contribution >= 4 is 19.8 Å². The number of hydrogen-bond acceptors (Lipinski definition) is 8. The highest BCUT2D eigenvalue weighted by molar-refractivity contribution is 7.47. The highest BCUT2D eigenvalue weighted by Crippen LogP contribution is 2.43. The van der Waals surface area contributed by atoms with E-state index in [2.05, 4.69) is 61.6 Å². The van der Waals surface area contributed by atoms with Crippen LogP contribution >= 0.6 is 7.82 Å². The Kier molecular flexibility index (Phi) is 36.4. The molecule has 0 aromatic carbocycles. The fourth-order valence-electron chi connectivity index (χ4n) is 5.51. The predicted octanol–water partition coefficient (Wildman–Crippen LogP) is 11.4. The summed E-state index contributed by atoms with van der Waals surface area (Å²) in [6.45, 7) is 4.04. The summed E-state index contributed by atoms with van der Waals surface area (Å²) >= 11 is 0. The van der Waals surface area contributed by atoms with Crippen molar-refractivity contribution in [2.24, 2.45) is 0 Å². The van der Waals surface area contributed by atoms with Gasteiger partial charge in [-0.25, -0.2) is 4.57 Å². The molecular formula is C46H83NO9P+. The summed E-state index contributed by atoms with van der Waals surface area (Å²) in [6.07, 6.45) is 42.2. The molecule has 0 aliphatic heterocycles. The number of ether oxygens (including phenoxy) is 2. The third-order valence-corrected chi connectivity index (χ3v) is 10.2. The summed E-state index contributed by atoms with van der Waals surface area (Å²) in [5.41, 5.74) is 0. The minimum atomic E-state index is -4.40. The molecule has 0 aromatic rings.